The Morgan fingerprint density at radius 3 is 2.50 bits per heavy atom. The molecule has 2 nitrogen and oxygen atoms in total. The number of aliphatic hydroxyl groups is 1. The second-order valence-corrected chi connectivity index (χ2v) is 6.10. The normalized spacial score (nSPS) is 12.4. The zero-order chi connectivity index (χ0) is 14.8. The SMILES string of the molecule is CCCCCCCCC(O)c1cc(Br)ccc1OCC. The van der Waals surface area contributed by atoms with Gasteiger partial charge in [0.15, 0.2) is 0 Å². The number of ether oxygens (including phenoxy) is 1. The molecule has 1 N–H and O–H groups in total. The lowest BCUT2D eigenvalue weighted by molar-refractivity contribution is 0.158. The number of hydrogen-bond donors (Lipinski definition) is 1. The quantitative estimate of drug-likeness (QED) is 0.558. The molecule has 0 aliphatic heterocycles. The van der Waals surface area contributed by atoms with E-state index < -0.39 is 6.10 Å². The Morgan fingerprint density at radius 2 is 1.80 bits per heavy atom. The van der Waals surface area contributed by atoms with Crippen LogP contribution >= 0.6 is 15.9 Å². The Balaban J connectivity index is 2.45. The van der Waals surface area contributed by atoms with E-state index in [1.807, 2.05) is 25.1 Å². The fourth-order valence-corrected chi connectivity index (χ4v) is 2.72. The molecule has 0 bridgehead atoms. The molecule has 1 unspecified atom stereocenters. The Hall–Kier alpha value is -0.540. The van der Waals surface area contributed by atoms with Gasteiger partial charge in [-0.1, -0.05) is 61.4 Å². The molecule has 0 aliphatic rings. The second kappa shape index (κ2) is 10.2. The molecule has 3 heteroatoms. The van der Waals surface area contributed by atoms with Gasteiger partial charge in [-0.05, 0) is 31.5 Å². The summed E-state index contributed by atoms with van der Waals surface area (Å²) in [5.41, 5.74) is 0.898. The van der Waals surface area contributed by atoms with Crippen LogP contribution in [0, 0.1) is 0 Å². The van der Waals surface area contributed by atoms with Crippen molar-refractivity contribution in [3.63, 3.8) is 0 Å². The van der Waals surface area contributed by atoms with E-state index in [-0.39, 0.29) is 0 Å². The highest BCUT2D eigenvalue weighted by Gasteiger charge is 2.13. The number of unbranched alkanes of at least 4 members (excludes halogenated alkanes) is 5. The number of hydrogen-bond acceptors (Lipinski definition) is 2. The van der Waals surface area contributed by atoms with E-state index in [2.05, 4.69) is 22.9 Å². The molecular formula is C17H27BrO2. The summed E-state index contributed by atoms with van der Waals surface area (Å²) in [7, 11) is 0. The van der Waals surface area contributed by atoms with Crippen LogP contribution in [0.1, 0.15) is 70.5 Å². The van der Waals surface area contributed by atoms with E-state index in [4.69, 9.17) is 4.74 Å². The highest BCUT2D eigenvalue weighted by molar-refractivity contribution is 9.10. The second-order valence-electron chi connectivity index (χ2n) is 5.19. The Bertz CT molecular complexity index is 379. The molecule has 0 spiro atoms. The molecule has 0 heterocycles. The van der Waals surface area contributed by atoms with E-state index in [1.165, 1.54) is 32.1 Å². The number of rotatable bonds is 10. The van der Waals surface area contributed by atoms with Gasteiger partial charge in [-0.2, -0.15) is 0 Å². The highest BCUT2D eigenvalue weighted by atomic mass is 79.9. The van der Waals surface area contributed by atoms with Crippen molar-refractivity contribution in [3.05, 3.63) is 28.2 Å². The highest BCUT2D eigenvalue weighted by Crippen LogP contribution is 2.31. The maximum atomic E-state index is 10.4. The maximum Gasteiger partial charge on any atom is 0.125 e. The summed E-state index contributed by atoms with van der Waals surface area (Å²) in [6, 6.07) is 5.84. The zero-order valence-corrected chi connectivity index (χ0v) is 14.3. The fraction of sp³-hybridized carbons (Fsp3) is 0.647. The maximum absolute atomic E-state index is 10.4. The average molecular weight is 343 g/mol. The van der Waals surface area contributed by atoms with Gasteiger partial charge in [0.05, 0.1) is 12.7 Å². The minimum atomic E-state index is -0.430. The third kappa shape index (κ3) is 6.27. The van der Waals surface area contributed by atoms with Crippen molar-refractivity contribution in [3.8, 4) is 5.75 Å². The van der Waals surface area contributed by atoms with Crippen LogP contribution in [0.4, 0.5) is 0 Å². The van der Waals surface area contributed by atoms with Crippen LogP contribution in [0.3, 0.4) is 0 Å². The number of aliphatic hydroxyl groups excluding tert-OH is 1. The molecule has 0 amide bonds. The van der Waals surface area contributed by atoms with Gasteiger partial charge in [0.1, 0.15) is 5.75 Å². The molecule has 0 fully saturated rings. The summed E-state index contributed by atoms with van der Waals surface area (Å²) in [5, 5.41) is 10.4. The van der Waals surface area contributed by atoms with Gasteiger partial charge in [-0.25, -0.2) is 0 Å². The summed E-state index contributed by atoms with van der Waals surface area (Å²) in [6.45, 7) is 4.82. The Kier molecular flexibility index (Phi) is 8.95. The number of halogens is 1. The van der Waals surface area contributed by atoms with E-state index in [1.54, 1.807) is 0 Å². The van der Waals surface area contributed by atoms with E-state index in [9.17, 15) is 5.11 Å². The van der Waals surface area contributed by atoms with Crippen molar-refractivity contribution in [2.24, 2.45) is 0 Å². The molecular weight excluding hydrogens is 316 g/mol. The van der Waals surface area contributed by atoms with Gasteiger partial charge in [0.2, 0.25) is 0 Å². The fourth-order valence-electron chi connectivity index (χ4n) is 2.34. The molecule has 1 aromatic rings. The first-order valence-corrected chi connectivity index (χ1v) is 8.58. The van der Waals surface area contributed by atoms with Crippen LogP contribution in [0.2, 0.25) is 0 Å². The van der Waals surface area contributed by atoms with E-state index >= 15 is 0 Å². The minimum absolute atomic E-state index is 0.430. The molecule has 0 radical (unpaired) electrons. The van der Waals surface area contributed by atoms with Crippen LogP contribution in [-0.2, 0) is 0 Å². The van der Waals surface area contributed by atoms with Crippen LogP contribution < -0.4 is 4.74 Å². The zero-order valence-electron chi connectivity index (χ0n) is 12.7. The third-order valence-electron chi connectivity index (χ3n) is 3.46. The van der Waals surface area contributed by atoms with Crippen molar-refractivity contribution in [2.45, 2.75) is 64.9 Å². The third-order valence-corrected chi connectivity index (χ3v) is 3.96. The first kappa shape index (κ1) is 17.5. The van der Waals surface area contributed by atoms with Crippen molar-refractivity contribution in [2.75, 3.05) is 6.61 Å². The van der Waals surface area contributed by atoms with Gasteiger partial charge in [-0.3, -0.25) is 0 Å². The molecule has 0 saturated heterocycles. The van der Waals surface area contributed by atoms with Crippen LogP contribution in [0.5, 0.6) is 5.75 Å². The lowest BCUT2D eigenvalue weighted by Gasteiger charge is -2.16. The molecule has 0 aromatic heterocycles. The van der Waals surface area contributed by atoms with Gasteiger partial charge in [0.25, 0.3) is 0 Å². The van der Waals surface area contributed by atoms with Gasteiger partial charge in [-0.15, -0.1) is 0 Å². The van der Waals surface area contributed by atoms with Crippen molar-refractivity contribution in [1.29, 1.82) is 0 Å². The molecule has 0 aliphatic carbocycles. The van der Waals surface area contributed by atoms with Gasteiger partial charge in [0, 0.05) is 10.0 Å². The van der Waals surface area contributed by atoms with Crippen molar-refractivity contribution < 1.29 is 9.84 Å². The molecule has 114 valence electrons. The Labute approximate surface area is 131 Å². The first-order chi connectivity index (χ1) is 9.69. The lowest BCUT2D eigenvalue weighted by atomic mass is 10.0. The predicted octanol–water partition coefficient (Wildman–Crippen LogP) is 5.63. The molecule has 1 aromatic carbocycles. The summed E-state index contributed by atoms with van der Waals surface area (Å²) in [6.07, 6.45) is 7.84. The Morgan fingerprint density at radius 1 is 1.10 bits per heavy atom. The minimum Gasteiger partial charge on any atom is -0.493 e. The topological polar surface area (TPSA) is 29.5 Å². The van der Waals surface area contributed by atoms with Gasteiger partial charge < -0.3 is 9.84 Å². The summed E-state index contributed by atoms with van der Waals surface area (Å²) in [4.78, 5) is 0. The number of benzene rings is 1. The average Bonchev–Trinajstić information content (AvgIpc) is 2.44. The van der Waals surface area contributed by atoms with Crippen molar-refractivity contribution >= 4 is 15.9 Å². The predicted molar refractivity (Wildman–Crippen MR) is 88.3 cm³/mol. The first-order valence-electron chi connectivity index (χ1n) is 7.79. The smallest absolute Gasteiger partial charge is 0.125 e. The van der Waals surface area contributed by atoms with Crippen LogP contribution in [-0.4, -0.2) is 11.7 Å². The molecule has 0 saturated carbocycles. The molecule has 1 atom stereocenters. The summed E-state index contributed by atoms with van der Waals surface area (Å²) < 4.78 is 6.58. The van der Waals surface area contributed by atoms with Crippen molar-refractivity contribution in [1.82, 2.24) is 0 Å². The standard InChI is InChI=1S/C17H27BrO2/c1-3-5-6-7-8-9-10-16(19)15-13-14(18)11-12-17(15)20-4-2/h11-13,16,19H,3-10H2,1-2H3. The van der Waals surface area contributed by atoms with Gasteiger partial charge >= 0.3 is 0 Å². The lowest BCUT2D eigenvalue weighted by Crippen LogP contribution is -2.03. The van der Waals surface area contributed by atoms with Crippen LogP contribution in [0.25, 0.3) is 0 Å². The van der Waals surface area contributed by atoms with E-state index in [0.717, 1.165) is 28.6 Å². The molecule has 20 heavy (non-hydrogen) atoms. The monoisotopic (exact) mass is 342 g/mol. The largest absolute Gasteiger partial charge is 0.493 e. The summed E-state index contributed by atoms with van der Waals surface area (Å²) >= 11 is 3.46. The summed E-state index contributed by atoms with van der Waals surface area (Å²) in [5.74, 6) is 0.800. The van der Waals surface area contributed by atoms with Crippen LogP contribution in [0.15, 0.2) is 22.7 Å². The molecule has 1 rings (SSSR count). The van der Waals surface area contributed by atoms with E-state index in [0.29, 0.717) is 6.61 Å².